The molecule has 1 N–H and O–H groups in total. The number of anilines is 1. The van der Waals surface area contributed by atoms with Gasteiger partial charge in [-0.3, -0.25) is 4.79 Å². The van der Waals surface area contributed by atoms with Crippen LogP contribution in [-0.4, -0.2) is 37.2 Å². The second-order valence-electron chi connectivity index (χ2n) is 7.66. The SMILES string of the molecule is CCC(=O)OC(C)(C)C(c1ccccc1)C1CN(c2ccccc2)CCN1. The molecule has 0 aromatic heterocycles. The Kier molecular flexibility index (Phi) is 6.17. The first-order valence-electron chi connectivity index (χ1n) is 9.81. The van der Waals surface area contributed by atoms with Gasteiger partial charge in [0.05, 0.1) is 0 Å². The maximum absolute atomic E-state index is 12.1. The molecule has 0 radical (unpaired) electrons. The van der Waals surface area contributed by atoms with Gasteiger partial charge in [-0.25, -0.2) is 0 Å². The molecule has 1 aliphatic heterocycles. The number of hydrogen-bond acceptors (Lipinski definition) is 4. The van der Waals surface area contributed by atoms with Gasteiger partial charge < -0.3 is 15.0 Å². The Morgan fingerprint density at radius 2 is 1.78 bits per heavy atom. The average molecular weight is 367 g/mol. The number of benzene rings is 2. The van der Waals surface area contributed by atoms with Crippen molar-refractivity contribution in [1.82, 2.24) is 5.32 Å². The van der Waals surface area contributed by atoms with Gasteiger partial charge in [-0.2, -0.15) is 0 Å². The van der Waals surface area contributed by atoms with Crippen LogP contribution in [-0.2, 0) is 9.53 Å². The van der Waals surface area contributed by atoms with Crippen molar-refractivity contribution in [3.8, 4) is 0 Å². The summed E-state index contributed by atoms with van der Waals surface area (Å²) in [5.41, 5.74) is 1.82. The zero-order valence-corrected chi connectivity index (χ0v) is 16.5. The third kappa shape index (κ3) is 4.69. The lowest BCUT2D eigenvalue weighted by Gasteiger charge is -2.44. The predicted octanol–water partition coefficient (Wildman–Crippen LogP) is 3.98. The molecule has 3 rings (SSSR count). The lowest BCUT2D eigenvalue weighted by atomic mass is 9.78. The largest absolute Gasteiger partial charge is 0.459 e. The van der Waals surface area contributed by atoms with E-state index in [0.717, 1.165) is 19.6 Å². The van der Waals surface area contributed by atoms with E-state index in [-0.39, 0.29) is 17.9 Å². The van der Waals surface area contributed by atoms with Gasteiger partial charge in [-0.1, -0.05) is 55.5 Å². The summed E-state index contributed by atoms with van der Waals surface area (Å²) in [5.74, 6) is -0.0997. The molecule has 1 fully saturated rings. The molecule has 4 heteroatoms. The van der Waals surface area contributed by atoms with Crippen LogP contribution in [0.25, 0.3) is 0 Å². The molecule has 2 unspecified atom stereocenters. The molecule has 0 spiro atoms. The normalized spacial score (nSPS) is 18.8. The highest BCUT2D eigenvalue weighted by Crippen LogP contribution is 2.36. The van der Waals surface area contributed by atoms with Gasteiger partial charge in [0.1, 0.15) is 5.60 Å². The topological polar surface area (TPSA) is 41.6 Å². The fourth-order valence-electron chi connectivity index (χ4n) is 4.08. The Morgan fingerprint density at radius 3 is 2.41 bits per heavy atom. The summed E-state index contributed by atoms with van der Waals surface area (Å²) in [6.07, 6.45) is 0.388. The number of rotatable bonds is 6. The number of hydrogen-bond donors (Lipinski definition) is 1. The van der Waals surface area contributed by atoms with Crippen molar-refractivity contribution in [2.75, 3.05) is 24.5 Å². The Hall–Kier alpha value is -2.33. The quantitative estimate of drug-likeness (QED) is 0.785. The second kappa shape index (κ2) is 8.57. The zero-order chi connectivity index (χ0) is 19.3. The van der Waals surface area contributed by atoms with E-state index in [9.17, 15) is 4.79 Å². The van der Waals surface area contributed by atoms with Crippen LogP contribution >= 0.6 is 0 Å². The number of carbonyl (C=O) groups is 1. The average Bonchev–Trinajstić information content (AvgIpc) is 2.69. The van der Waals surface area contributed by atoms with Crippen molar-refractivity contribution in [3.05, 3.63) is 66.2 Å². The first kappa shape index (κ1) is 19.4. The van der Waals surface area contributed by atoms with E-state index in [1.54, 1.807) is 0 Å². The monoisotopic (exact) mass is 366 g/mol. The van der Waals surface area contributed by atoms with Crippen molar-refractivity contribution in [2.24, 2.45) is 0 Å². The van der Waals surface area contributed by atoms with Crippen LogP contribution in [0.2, 0.25) is 0 Å². The summed E-state index contributed by atoms with van der Waals surface area (Å²) < 4.78 is 5.90. The number of esters is 1. The Balaban J connectivity index is 1.89. The van der Waals surface area contributed by atoms with Crippen molar-refractivity contribution in [2.45, 2.75) is 44.8 Å². The molecular weight excluding hydrogens is 336 g/mol. The summed E-state index contributed by atoms with van der Waals surface area (Å²) in [7, 11) is 0. The molecule has 0 aliphatic carbocycles. The van der Waals surface area contributed by atoms with Crippen LogP contribution in [0.1, 0.15) is 38.7 Å². The number of nitrogens with zero attached hydrogens (tertiary/aromatic N) is 1. The minimum Gasteiger partial charge on any atom is -0.459 e. The molecule has 27 heavy (non-hydrogen) atoms. The molecule has 1 saturated heterocycles. The van der Waals surface area contributed by atoms with Gasteiger partial charge in [0, 0.05) is 43.7 Å². The lowest BCUT2D eigenvalue weighted by Crippen LogP contribution is -2.57. The molecule has 0 amide bonds. The molecule has 144 valence electrons. The van der Waals surface area contributed by atoms with Crippen molar-refractivity contribution >= 4 is 11.7 Å². The van der Waals surface area contributed by atoms with Crippen molar-refractivity contribution < 1.29 is 9.53 Å². The summed E-state index contributed by atoms with van der Waals surface area (Å²) in [5, 5.41) is 3.68. The summed E-state index contributed by atoms with van der Waals surface area (Å²) in [6, 6.07) is 21.1. The second-order valence-corrected chi connectivity index (χ2v) is 7.66. The highest BCUT2D eigenvalue weighted by molar-refractivity contribution is 5.69. The number of carbonyl (C=O) groups excluding carboxylic acids is 1. The first-order valence-corrected chi connectivity index (χ1v) is 9.81. The maximum atomic E-state index is 12.1. The summed E-state index contributed by atoms with van der Waals surface area (Å²) >= 11 is 0. The highest BCUT2D eigenvalue weighted by Gasteiger charge is 2.41. The van der Waals surface area contributed by atoms with Gasteiger partial charge in [-0.05, 0) is 31.5 Å². The third-order valence-electron chi connectivity index (χ3n) is 5.30. The Labute approximate surface area is 162 Å². The molecule has 2 aromatic rings. The van der Waals surface area contributed by atoms with Crippen LogP contribution in [0.4, 0.5) is 5.69 Å². The van der Waals surface area contributed by atoms with Crippen molar-refractivity contribution in [3.63, 3.8) is 0 Å². The minimum absolute atomic E-state index is 0.0562. The van der Waals surface area contributed by atoms with Crippen LogP contribution in [0.15, 0.2) is 60.7 Å². The molecule has 1 aliphatic rings. The van der Waals surface area contributed by atoms with Gasteiger partial charge in [0.25, 0.3) is 0 Å². The van der Waals surface area contributed by atoms with Crippen LogP contribution in [0.5, 0.6) is 0 Å². The van der Waals surface area contributed by atoms with Gasteiger partial charge in [0.15, 0.2) is 0 Å². The Bertz CT molecular complexity index is 731. The molecule has 1 heterocycles. The van der Waals surface area contributed by atoms with E-state index in [0.29, 0.717) is 6.42 Å². The van der Waals surface area contributed by atoms with Crippen LogP contribution in [0.3, 0.4) is 0 Å². The van der Waals surface area contributed by atoms with E-state index < -0.39 is 5.60 Å². The first-order chi connectivity index (χ1) is 13.0. The number of para-hydroxylation sites is 1. The third-order valence-corrected chi connectivity index (χ3v) is 5.30. The van der Waals surface area contributed by atoms with E-state index in [2.05, 4.69) is 58.7 Å². The molecular formula is C23H30N2O2. The number of ether oxygens (including phenoxy) is 1. The molecule has 0 bridgehead atoms. The summed E-state index contributed by atoms with van der Waals surface area (Å²) in [6.45, 7) is 8.64. The smallest absolute Gasteiger partial charge is 0.306 e. The Morgan fingerprint density at radius 1 is 1.15 bits per heavy atom. The van der Waals surface area contributed by atoms with Gasteiger partial charge >= 0.3 is 5.97 Å². The van der Waals surface area contributed by atoms with Gasteiger partial charge in [-0.15, -0.1) is 0 Å². The fraction of sp³-hybridized carbons (Fsp3) is 0.435. The molecule has 0 saturated carbocycles. The summed E-state index contributed by atoms with van der Waals surface area (Å²) in [4.78, 5) is 14.5. The predicted molar refractivity (Wildman–Crippen MR) is 110 cm³/mol. The van der Waals surface area contributed by atoms with E-state index >= 15 is 0 Å². The van der Waals surface area contributed by atoms with E-state index in [4.69, 9.17) is 4.74 Å². The molecule has 2 aromatic carbocycles. The van der Waals surface area contributed by atoms with Crippen molar-refractivity contribution in [1.29, 1.82) is 0 Å². The van der Waals surface area contributed by atoms with E-state index in [1.165, 1.54) is 11.3 Å². The fourth-order valence-corrected chi connectivity index (χ4v) is 4.08. The van der Waals surface area contributed by atoms with Crippen LogP contribution < -0.4 is 10.2 Å². The van der Waals surface area contributed by atoms with Gasteiger partial charge in [0.2, 0.25) is 0 Å². The molecule has 2 atom stereocenters. The zero-order valence-electron chi connectivity index (χ0n) is 16.5. The van der Waals surface area contributed by atoms with E-state index in [1.807, 2.05) is 32.9 Å². The highest BCUT2D eigenvalue weighted by atomic mass is 16.6. The lowest BCUT2D eigenvalue weighted by molar-refractivity contribution is -0.159. The standard InChI is InChI=1S/C23H30N2O2/c1-4-21(26)27-23(2,3)22(18-11-7-5-8-12-18)20-17-25(16-15-24-20)19-13-9-6-10-14-19/h5-14,20,22,24H,4,15-17H2,1-3H3. The minimum atomic E-state index is -0.605. The maximum Gasteiger partial charge on any atom is 0.306 e. The number of nitrogens with one attached hydrogen (secondary N) is 1. The number of piperazine rings is 1. The van der Waals surface area contributed by atoms with Crippen LogP contribution in [0, 0.1) is 0 Å². The molecule has 4 nitrogen and oxygen atoms in total.